The van der Waals surface area contributed by atoms with Gasteiger partial charge in [0.1, 0.15) is 15.6 Å². The van der Waals surface area contributed by atoms with Crippen molar-refractivity contribution in [3.63, 3.8) is 0 Å². The highest BCUT2D eigenvalue weighted by molar-refractivity contribution is 9.10. The molecule has 0 bridgehead atoms. The van der Waals surface area contributed by atoms with Crippen LogP contribution in [0.4, 0.5) is 5.69 Å². The number of H-pyrrole nitrogens is 2. The van der Waals surface area contributed by atoms with E-state index in [0.29, 0.717) is 38.1 Å². The minimum Gasteiger partial charge on any atom is -0.371 e. The van der Waals surface area contributed by atoms with Gasteiger partial charge in [0.05, 0.1) is 29.2 Å². The summed E-state index contributed by atoms with van der Waals surface area (Å²) in [4.78, 5) is 52.6. The molecular weight excluding hydrogens is 654 g/mol. The Balaban J connectivity index is 0.000000167. The average molecular weight is 697 g/mol. The molecule has 5 heterocycles. The van der Waals surface area contributed by atoms with E-state index >= 15 is 0 Å². The number of nitrogens with one attached hydrogen (secondary N) is 2. The molecule has 9 nitrogen and oxygen atoms in total. The number of hydrogen-bond acceptors (Lipinski definition) is 7. The topological polar surface area (TPSA) is 121 Å². The van der Waals surface area contributed by atoms with Crippen LogP contribution in [-0.2, 0) is 0 Å². The number of Topliss-reactive ketones (excluding diaryl/α,β-unsaturated/α-hetero) is 2. The van der Waals surface area contributed by atoms with Gasteiger partial charge >= 0.3 is 0 Å². The number of rotatable bonds is 6. The summed E-state index contributed by atoms with van der Waals surface area (Å²) in [5.41, 5.74) is 8.04. The van der Waals surface area contributed by atoms with E-state index in [1.54, 1.807) is 18.6 Å². The third kappa shape index (κ3) is 6.01. The van der Waals surface area contributed by atoms with E-state index in [2.05, 4.69) is 84.7 Å². The van der Waals surface area contributed by atoms with Crippen LogP contribution in [0.5, 0.6) is 0 Å². The zero-order valence-corrected chi connectivity index (χ0v) is 29.0. The SMILES string of the molecule is CC1(C(=O)c2c[nH]c3ncc(Br)nc23)CCCC1.Cc1ccc(-c2cnc3[nH]cc(C(=O)C4(C)CCCC4)c3n2)cc1N1CCCC1. The van der Waals surface area contributed by atoms with Gasteiger partial charge in [-0.15, -0.1) is 0 Å². The van der Waals surface area contributed by atoms with Crippen molar-refractivity contribution in [1.29, 1.82) is 0 Å². The number of anilines is 1. The Bertz CT molecular complexity index is 1960. The van der Waals surface area contributed by atoms with Crippen LogP contribution in [0.1, 0.15) is 104 Å². The molecule has 1 aliphatic heterocycles. The third-order valence-electron chi connectivity index (χ3n) is 10.7. The summed E-state index contributed by atoms with van der Waals surface area (Å²) in [5.74, 6) is 0.396. The van der Waals surface area contributed by atoms with Crippen LogP contribution in [0, 0.1) is 17.8 Å². The molecule has 3 fully saturated rings. The van der Waals surface area contributed by atoms with Crippen molar-refractivity contribution in [3.05, 3.63) is 64.3 Å². The predicted molar refractivity (Wildman–Crippen MR) is 189 cm³/mol. The minimum atomic E-state index is -0.264. The van der Waals surface area contributed by atoms with Crippen LogP contribution in [0.3, 0.4) is 0 Å². The Hall–Kier alpha value is -3.92. The van der Waals surface area contributed by atoms with E-state index in [9.17, 15) is 9.59 Å². The number of fused-ring (bicyclic) bond motifs is 2. The van der Waals surface area contributed by atoms with Crippen molar-refractivity contribution in [2.24, 2.45) is 10.8 Å². The molecule has 5 aromatic rings. The Morgan fingerprint density at radius 3 is 1.87 bits per heavy atom. The van der Waals surface area contributed by atoms with Gasteiger partial charge in [0.15, 0.2) is 22.9 Å². The molecule has 2 saturated carbocycles. The number of nitrogens with zero attached hydrogens (tertiary/aromatic N) is 5. The summed E-state index contributed by atoms with van der Waals surface area (Å²) in [5, 5.41) is 0. The first-order valence-corrected chi connectivity index (χ1v) is 17.7. The standard InChI is InChI=1S/C24H28N4O.C13H14BrN3O/c1-16-7-8-17(13-20(16)28-11-5-6-12-28)19-15-26-23-21(27-19)18(14-25-23)22(29)24(2)9-3-4-10-24;1-13(4-2-3-5-13)11(18)8-6-15-12-10(8)17-9(14)7-16-12/h7-8,13-15H,3-6,9-12H2,1-2H3,(H,25,26);6-7H,2-5H2,1H3,(H,15,16). The first kappa shape index (κ1) is 31.7. The molecular formula is C37H42BrN7O2. The second-order valence-corrected chi connectivity index (χ2v) is 14.9. The number of benzene rings is 1. The van der Waals surface area contributed by atoms with Gasteiger partial charge in [-0.1, -0.05) is 51.7 Å². The van der Waals surface area contributed by atoms with Crippen molar-refractivity contribution in [2.75, 3.05) is 18.0 Å². The van der Waals surface area contributed by atoms with Crippen LogP contribution in [0.15, 0.2) is 47.6 Å². The summed E-state index contributed by atoms with van der Waals surface area (Å²) in [7, 11) is 0. The van der Waals surface area contributed by atoms with Gasteiger partial charge < -0.3 is 14.9 Å². The number of carbonyl (C=O) groups excluding carboxylic acids is 2. The molecule has 2 N–H and O–H groups in total. The van der Waals surface area contributed by atoms with Crippen LogP contribution in [0.25, 0.3) is 33.6 Å². The molecule has 3 aliphatic rings. The summed E-state index contributed by atoms with van der Waals surface area (Å²) < 4.78 is 0.653. The van der Waals surface area contributed by atoms with E-state index in [4.69, 9.17) is 4.98 Å². The van der Waals surface area contributed by atoms with Crippen molar-refractivity contribution in [2.45, 2.75) is 85.0 Å². The summed E-state index contributed by atoms with van der Waals surface area (Å²) in [6.45, 7) is 8.55. The first-order chi connectivity index (χ1) is 22.6. The molecule has 0 amide bonds. The lowest BCUT2D eigenvalue weighted by Gasteiger charge is -2.21. The predicted octanol–water partition coefficient (Wildman–Crippen LogP) is 8.78. The number of aromatic nitrogens is 6. The normalized spacial score (nSPS) is 18.5. The zero-order chi connectivity index (χ0) is 32.8. The third-order valence-corrected chi connectivity index (χ3v) is 11.1. The molecule has 1 saturated heterocycles. The second-order valence-electron chi connectivity index (χ2n) is 14.1. The fourth-order valence-corrected chi connectivity index (χ4v) is 8.01. The Labute approximate surface area is 283 Å². The smallest absolute Gasteiger partial charge is 0.172 e. The Kier molecular flexibility index (Phi) is 8.49. The molecule has 0 radical (unpaired) electrons. The van der Waals surface area contributed by atoms with Crippen LogP contribution in [-0.4, -0.2) is 54.6 Å². The van der Waals surface area contributed by atoms with Crippen LogP contribution < -0.4 is 4.90 Å². The highest BCUT2D eigenvalue weighted by atomic mass is 79.9. The molecule has 8 rings (SSSR count). The van der Waals surface area contributed by atoms with Gasteiger partial charge in [-0.05, 0) is 73.0 Å². The molecule has 1 aromatic carbocycles. The highest BCUT2D eigenvalue weighted by Crippen LogP contribution is 2.42. The van der Waals surface area contributed by atoms with Gasteiger partial charge in [-0.3, -0.25) is 9.59 Å². The quantitative estimate of drug-likeness (QED) is 0.170. The average Bonchev–Trinajstić information content (AvgIpc) is 3.92. The lowest BCUT2D eigenvalue weighted by atomic mass is 9.81. The molecule has 0 unspecified atom stereocenters. The Morgan fingerprint density at radius 1 is 0.766 bits per heavy atom. The van der Waals surface area contributed by atoms with Gasteiger partial charge in [-0.2, -0.15) is 0 Å². The molecule has 0 atom stereocenters. The van der Waals surface area contributed by atoms with Gasteiger partial charge in [0.25, 0.3) is 0 Å². The number of carbonyl (C=O) groups is 2. The van der Waals surface area contributed by atoms with E-state index in [1.807, 2.05) is 6.20 Å². The second kappa shape index (κ2) is 12.6. The Morgan fingerprint density at radius 2 is 1.30 bits per heavy atom. The number of aryl methyl sites for hydroxylation is 1. The van der Waals surface area contributed by atoms with Crippen LogP contribution in [0.2, 0.25) is 0 Å². The largest absolute Gasteiger partial charge is 0.371 e. The molecule has 10 heteroatoms. The van der Waals surface area contributed by atoms with Gasteiger partial charge in [0.2, 0.25) is 0 Å². The maximum atomic E-state index is 13.3. The minimum absolute atomic E-state index is 0.193. The lowest BCUT2D eigenvalue weighted by Crippen LogP contribution is -2.24. The van der Waals surface area contributed by atoms with Crippen molar-refractivity contribution >= 4 is 55.5 Å². The first-order valence-electron chi connectivity index (χ1n) is 16.9. The fraction of sp³-hybridized carbons (Fsp3) is 0.459. The van der Waals surface area contributed by atoms with Gasteiger partial charge in [-0.25, -0.2) is 19.9 Å². The lowest BCUT2D eigenvalue weighted by molar-refractivity contribution is 0.0819. The van der Waals surface area contributed by atoms with Crippen molar-refractivity contribution in [3.8, 4) is 11.3 Å². The highest BCUT2D eigenvalue weighted by Gasteiger charge is 2.39. The fourth-order valence-electron chi connectivity index (χ4n) is 7.73. The maximum absolute atomic E-state index is 13.3. The number of ketones is 2. The molecule has 0 spiro atoms. The van der Waals surface area contributed by atoms with E-state index < -0.39 is 0 Å². The summed E-state index contributed by atoms with van der Waals surface area (Å²) in [6.07, 6.45) is 17.9. The van der Waals surface area contributed by atoms with Gasteiger partial charge in [0, 0.05) is 47.6 Å². The zero-order valence-electron chi connectivity index (χ0n) is 27.5. The van der Waals surface area contributed by atoms with E-state index in [0.717, 1.165) is 75.7 Å². The number of aromatic amines is 2. The van der Waals surface area contributed by atoms with Crippen molar-refractivity contribution in [1.82, 2.24) is 29.9 Å². The monoisotopic (exact) mass is 695 g/mol. The number of hydrogen-bond donors (Lipinski definition) is 2. The van der Waals surface area contributed by atoms with Crippen LogP contribution >= 0.6 is 15.9 Å². The maximum Gasteiger partial charge on any atom is 0.172 e. The number of halogens is 1. The van der Waals surface area contributed by atoms with E-state index in [-0.39, 0.29) is 22.4 Å². The van der Waals surface area contributed by atoms with Crippen molar-refractivity contribution < 1.29 is 9.59 Å². The molecule has 2 aliphatic carbocycles. The molecule has 244 valence electrons. The molecule has 47 heavy (non-hydrogen) atoms. The molecule has 4 aromatic heterocycles. The summed E-state index contributed by atoms with van der Waals surface area (Å²) in [6, 6.07) is 6.50. The summed E-state index contributed by atoms with van der Waals surface area (Å²) >= 11 is 3.30. The van der Waals surface area contributed by atoms with E-state index in [1.165, 1.54) is 24.1 Å².